The van der Waals surface area contributed by atoms with Crippen LogP contribution in [0.5, 0.6) is 0 Å². The first-order valence-corrected chi connectivity index (χ1v) is 7.82. The van der Waals surface area contributed by atoms with Gasteiger partial charge >= 0.3 is 0 Å². The molecule has 0 aliphatic carbocycles. The van der Waals surface area contributed by atoms with E-state index >= 15 is 0 Å². The molecule has 6 heteroatoms. The summed E-state index contributed by atoms with van der Waals surface area (Å²) in [6.07, 6.45) is 3.96. The van der Waals surface area contributed by atoms with E-state index in [1.54, 1.807) is 6.20 Å². The molecule has 1 amide bonds. The number of benzene rings is 1. The van der Waals surface area contributed by atoms with Gasteiger partial charge in [0.05, 0.1) is 17.5 Å². The van der Waals surface area contributed by atoms with Crippen molar-refractivity contribution in [1.82, 2.24) is 20.5 Å². The molecule has 1 aromatic carbocycles. The Hall–Kier alpha value is -2.60. The lowest BCUT2D eigenvalue weighted by molar-refractivity contribution is 0.0858. The van der Waals surface area contributed by atoms with Crippen LogP contribution in [0.25, 0.3) is 22.3 Å². The van der Waals surface area contributed by atoms with E-state index in [0.717, 1.165) is 41.7 Å². The molecule has 3 N–H and O–H groups in total. The van der Waals surface area contributed by atoms with Crippen molar-refractivity contribution in [3.63, 3.8) is 0 Å². The maximum absolute atomic E-state index is 12.3. The molecule has 1 saturated heterocycles. The Morgan fingerprint density at radius 1 is 1.30 bits per heavy atom. The van der Waals surface area contributed by atoms with Gasteiger partial charge in [0.1, 0.15) is 0 Å². The Labute approximate surface area is 133 Å². The molecule has 1 aliphatic heterocycles. The number of fused-ring (bicyclic) bond motifs is 1. The highest BCUT2D eigenvalue weighted by Crippen LogP contribution is 2.23. The van der Waals surface area contributed by atoms with Crippen molar-refractivity contribution in [2.24, 2.45) is 0 Å². The van der Waals surface area contributed by atoms with Gasteiger partial charge in [-0.3, -0.25) is 9.89 Å². The lowest BCUT2D eigenvalue weighted by Gasteiger charge is -2.10. The van der Waals surface area contributed by atoms with Crippen LogP contribution in [0, 0.1) is 0 Å². The number of nitrogens with zero attached hydrogens (tertiary/aromatic N) is 1. The number of hydrogen-bond donors (Lipinski definition) is 3. The van der Waals surface area contributed by atoms with Gasteiger partial charge in [-0.25, -0.2) is 0 Å². The first-order valence-electron chi connectivity index (χ1n) is 7.82. The van der Waals surface area contributed by atoms with Gasteiger partial charge < -0.3 is 15.0 Å². The Kier molecular flexibility index (Phi) is 3.59. The Morgan fingerprint density at radius 2 is 2.26 bits per heavy atom. The van der Waals surface area contributed by atoms with Crippen LogP contribution >= 0.6 is 0 Å². The molecule has 2 aromatic heterocycles. The van der Waals surface area contributed by atoms with Gasteiger partial charge in [-0.15, -0.1) is 0 Å². The smallest absolute Gasteiger partial charge is 0.251 e. The van der Waals surface area contributed by atoms with Gasteiger partial charge in [0.2, 0.25) is 0 Å². The number of hydrogen-bond acceptors (Lipinski definition) is 3. The summed E-state index contributed by atoms with van der Waals surface area (Å²) in [5, 5.41) is 10.8. The molecule has 1 fully saturated rings. The normalized spacial score (nSPS) is 17.7. The number of aromatic amines is 2. The maximum atomic E-state index is 12.3. The van der Waals surface area contributed by atoms with Crippen LogP contribution in [0.3, 0.4) is 0 Å². The van der Waals surface area contributed by atoms with E-state index in [4.69, 9.17) is 4.74 Å². The van der Waals surface area contributed by atoms with E-state index in [2.05, 4.69) is 20.5 Å². The molecule has 1 atom stereocenters. The molecule has 1 unspecified atom stereocenters. The van der Waals surface area contributed by atoms with Crippen LogP contribution < -0.4 is 5.32 Å². The number of ether oxygens (including phenoxy) is 1. The van der Waals surface area contributed by atoms with Gasteiger partial charge in [0, 0.05) is 35.8 Å². The zero-order valence-electron chi connectivity index (χ0n) is 12.6. The molecule has 0 spiro atoms. The van der Waals surface area contributed by atoms with Crippen LogP contribution in [0.4, 0.5) is 0 Å². The molecule has 4 rings (SSSR count). The molecule has 0 bridgehead atoms. The highest BCUT2D eigenvalue weighted by molar-refractivity contribution is 5.98. The van der Waals surface area contributed by atoms with Gasteiger partial charge in [-0.2, -0.15) is 5.10 Å². The standard InChI is InChI=1S/C17H18N4O2/c22-17(18-10-13-2-1-7-23-13)11-3-4-14-12(8-11)9-16(20-14)15-5-6-19-21-15/h3-6,8-9,13,20H,1-2,7,10H2,(H,18,22)(H,19,21). The fourth-order valence-electron chi connectivity index (χ4n) is 2.94. The fourth-order valence-corrected chi connectivity index (χ4v) is 2.94. The number of carbonyl (C=O) groups excluding carboxylic acids is 1. The van der Waals surface area contributed by atoms with Crippen LogP contribution in [-0.2, 0) is 4.74 Å². The van der Waals surface area contributed by atoms with E-state index in [1.807, 2.05) is 30.3 Å². The van der Waals surface area contributed by atoms with Crippen molar-refractivity contribution in [2.75, 3.05) is 13.2 Å². The number of rotatable bonds is 4. The molecule has 0 radical (unpaired) electrons. The molecule has 3 aromatic rings. The predicted octanol–water partition coefficient (Wildman–Crippen LogP) is 2.47. The minimum atomic E-state index is -0.0632. The molecule has 1 aliphatic rings. The summed E-state index contributed by atoms with van der Waals surface area (Å²) in [6.45, 7) is 1.37. The summed E-state index contributed by atoms with van der Waals surface area (Å²) in [5.41, 5.74) is 3.52. The Morgan fingerprint density at radius 3 is 3.04 bits per heavy atom. The minimum absolute atomic E-state index is 0.0632. The van der Waals surface area contributed by atoms with Crippen molar-refractivity contribution in [3.8, 4) is 11.4 Å². The van der Waals surface area contributed by atoms with Gasteiger partial charge in [-0.1, -0.05) is 0 Å². The van der Waals surface area contributed by atoms with E-state index < -0.39 is 0 Å². The molecular weight excluding hydrogens is 292 g/mol. The van der Waals surface area contributed by atoms with E-state index in [1.165, 1.54) is 0 Å². The number of carbonyl (C=O) groups is 1. The summed E-state index contributed by atoms with van der Waals surface area (Å²) in [7, 11) is 0. The van der Waals surface area contributed by atoms with Crippen LogP contribution in [-0.4, -0.2) is 40.3 Å². The molecule has 23 heavy (non-hydrogen) atoms. The summed E-state index contributed by atoms with van der Waals surface area (Å²) < 4.78 is 5.53. The number of aromatic nitrogens is 3. The van der Waals surface area contributed by atoms with E-state index in [0.29, 0.717) is 12.1 Å². The zero-order valence-corrected chi connectivity index (χ0v) is 12.6. The quantitative estimate of drug-likeness (QED) is 0.692. The molecule has 3 heterocycles. The zero-order chi connectivity index (χ0) is 15.6. The maximum Gasteiger partial charge on any atom is 0.251 e. The van der Waals surface area contributed by atoms with E-state index in [9.17, 15) is 4.79 Å². The lowest BCUT2D eigenvalue weighted by Crippen LogP contribution is -2.31. The van der Waals surface area contributed by atoms with Gasteiger partial charge in [0.15, 0.2) is 0 Å². The summed E-state index contributed by atoms with van der Waals surface area (Å²) in [6, 6.07) is 9.58. The third-order valence-corrected chi connectivity index (χ3v) is 4.19. The second kappa shape index (κ2) is 5.89. The number of nitrogens with one attached hydrogen (secondary N) is 3. The molecule has 118 valence electrons. The molecule has 6 nitrogen and oxygen atoms in total. The SMILES string of the molecule is O=C(NCC1CCCO1)c1ccc2[nH]c(-c3ccn[nH]3)cc2c1. The molecular formula is C17H18N4O2. The van der Waals surface area contributed by atoms with Crippen LogP contribution in [0.2, 0.25) is 0 Å². The van der Waals surface area contributed by atoms with E-state index in [-0.39, 0.29) is 12.0 Å². The average molecular weight is 310 g/mol. The largest absolute Gasteiger partial charge is 0.376 e. The van der Waals surface area contributed by atoms with Crippen molar-refractivity contribution in [3.05, 3.63) is 42.1 Å². The topological polar surface area (TPSA) is 82.8 Å². The van der Waals surface area contributed by atoms with Crippen LogP contribution in [0.15, 0.2) is 36.5 Å². The fraction of sp³-hybridized carbons (Fsp3) is 0.294. The van der Waals surface area contributed by atoms with Gasteiger partial charge in [0.25, 0.3) is 5.91 Å². The highest BCUT2D eigenvalue weighted by Gasteiger charge is 2.17. The summed E-state index contributed by atoms with van der Waals surface area (Å²) >= 11 is 0. The first kappa shape index (κ1) is 14.0. The Bertz CT molecular complexity index is 816. The second-order valence-electron chi connectivity index (χ2n) is 5.80. The van der Waals surface area contributed by atoms with Crippen molar-refractivity contribution in [1.29, 1.82) is 0 Å². The monoisotopic (exact) mass is 310 g/mol. The highest BCUT2D eigenvalue weighted by atomic mass is 16.5. The number of H-pyrrole nitrogens is 2. The summed E-state index contributed by atoms with van der Waals surface area (Å²) in [4.78, 5) is 15.6. The van der Waals surface area contributed by atoms with Crippen LogP contribution in [0.1, 0.15) is 23.2 Å². The lowest BCUT2D eigenvalue weighted by atomic mass is 10.1. The molecule has 0 saturated carbocycles. The van der Waals surface area contributed by atoms with Crippen molar-refractivity contribution in [2.45, 2.75) is 18.9 Å². The minimum Gasteiger partial charge on any atom is -0.376 e. The summed E-state index contributed by atoms with van der Waals surface area (Å²) in [5.74, 6) is -0.0632. The second-order valence-corrected chi connectivity index (χ2v) is 5.80. The van der Waals surface area contributed by atoms with Gasteiger partial charge in [-0.05, 0) is 43.2 Å². The predicted molar refractivity (Wildman–Crippen MR) is 87.2 cm³/mol. The average Bonchev–Trinajstić information content (AvgIpc) is 3.32. The third kappa shape index (κ3) is 2.85. The first-order chi connectivity index (χ1) is 11.3. The Balaban J connectivity index is 1.52. The third-order valence-electron chi connectivity index (χ3n) is 4.19. The number of amides is 1. The van der Waals surface area contributed by atoms with Crippen molar-refractivity contribution >= 4 is 16.8 Å². The van der Waals surface area contributed by atoms with Crippen molar-refractivity contribution < 1.29 is 9.53 Å².